The number of aromatic nitrogens is 1. The molecule has 160 valence electrons. The van der Waals surface area contributed by atoms with E-state index in [1.807, 2.05) is 61.2 Å². The summed E-state index contributed by atoms with van der Waals surface area (Å²) in [6, 6.07) is 13.5. The molecule has 3 heterocycles. The summed E-state index contributed by atoms with van der Waals surface area (Å²) in [5.41, 5.74) is 1.78. The van der Waals surface area contributed by atoms with Crippen molar-refractivity contribution < 1.29 is 13.2 Å². The number of fused-ring (bicyclic) bond motifs is 1. The summed E-state index contributed by atoms with van der Waals surface area (Å²) >= 11 is 0. The first-order valence-electron chi connectivity index (χ1n) is 9.98. The first-order chi connectivity index (χ1) is 14.3. The topological polar surface area (TPSA) is 98.6 Å². The molecule has 1 aromatic heterocycles. The van der Waals surface area contributed by atoms with Crippen molar-refractivity contribution in [2.45, 2.75) is 31.2 Å². The predicted octanol–water partition coefficient (Wildman–Crippen LogP) is 1.81. The van der Waals surface area contributed by atoms with Gasteiger partial charge < -0.3 is 15.0 Å². The predicted molar refractivity (Wildman–Crippen MR) is 116 cm³/mol. The van der Waals surface area contributed by atoms with Crippen molar-refractivity contribution >= 4 is 21.8 Å². The lowest BCUT2D eigenvalue weighted by Crippen LogP contribution is -2.66. The summed E-state index contributed by atoms with van der Waals surface area (Å²) in [6.45, 7) is 5.65. The van der Waals surface area contributed by atoms with Crippen LogP contribution in [0.2, 0.25) is 0 Å². The lowest BCUT2D eigenvalue weighted by Gasteiger charge is -2.43. The Morgan fingerprint density at radius 2 is 2.03 bits per heavy atom. The highest BCUT2D eigenvalue weighted by molar-refractivity contribution is 7.90. The largest absolute Gasteiger partial charge is 0.377 e. The average Bonchev–Trinajstić information content (AvgIpc) is 3.13. The summed E-state index contributed by atoms with van der Waals surface area (Å²) < 4.78 is 33.2. The Bertz CT molecular complexity index is 1060. The van der Waals surface area contributed by atoms with Crippen LogP contribution in [0, 0.1) is 12.3 Å². The molecule has 1 unspecified atom stereocenters. The van der Waals surface area contributed by atoms with Crippen molar-refractivity contribution in [1.29, 1.82) is 5.41 Å². The summed E-state index contributed by atoms with van der Waals surface area (Å²) in [6.07, 6.45) is 0. The van der Waals surface area contributed by atoms with E-state index in [0.717, 1.165) is 26.9 Å². The van der Waals surface area contributed by atoms with E-state index in [1.54, 1.807) is 0 Å². The van der Waals surface area contributed by atoms with Gasteiger partial charge in [0, 0.05) is 32.4 Å². The molecule has 2 fully saturated rings. The molecule has 2 saturated heterocycles. The van der Waals surface area contributed by atoms with E-state index in [4.69, 9.17) is 10.1 Å². The van der Waals surface area contributed by atoms with Crippen molar-refractivity contribution in [2.24, 2.45) is 0 Å². The second-order valence-electron chi connectivity index (χ2n) is 7.80. The fraction of sp³-hybridized carbons (Fsp3) is 0.429. The highest BCUT2D eigenvalue weighted by atomic mass is 32.2. The van der Waals surface area contributed by atoms with Crippen molar-refractivity contribution in [2.75, 3.05) is 31.6 Å². The van der Waals surface area contributed by atoms with Gasteiger partial charge >= 0.3 is 0 Å². The molecule has 9 heteroatoms. The highest BCUT2D eigenvalue weighted by Gasteiger charge is 2.59. The molecule has 0 radical (unpaired) electrons. The maximum absolute atomic E-state index is 13.3. The number of sulfonamides is 1. The normalized spacial score (nSPS) is 25.2. The summed E-state index contributed by atoms with van der Waals surface area (Å²) in [5, 5.41) is 10.7. The van der Waals surface area contributed by atoms with E-state index in [0.29, 0.717) is 19.8 Å². The Morgan fingerprint density at radius 3 is 2.73 bits per heavy atom. The van der Waals surface area contributed by atoms with Gasteiger partial charge in [0.2, 0.25) is 16.0 Å². The Morgan fingerprint density at radius 1 is 1.30 bits per heavy atom. The number of nitrogens with zero attached hydrogens (tertiary/aromatic N) is 3. The zero-order valence-electron chi connectivity index (χ0n) is 17.4. The molecule has 1 aromatic carbocycles. The molecular formula is C21H27N5O3S. The molecule has 0 amide bonds. The Kier molecular flexibility index (Phi) is 5.19. The number of hydrogen-bond donors (Lipinski definition) is 2. The highest BCUT2D eigenvalue weighted by Crippen LogP contribution is 2.41. The number of guanidine groups is 1. The van der Waals surface area contributed by atoms with Crippen molar-refractivity contribution in [1.82, 2.24) is 14.6 Å². The van der Waals surface area contributed by atoms with E-state index >= 15 is 0 Å². The second-order valence-corrected chi connectivity index (χ2v) is 9.95. The molecule has 4 rings (SSSR count). The van der Waals surface area contributed by atoms with Crippen LogP contribution in [-0.4, -0.2) is 55.7 Å². The fourth-order valence-corrected chi connectivity index (χ4v) is 6.17. The van der Waals surface area contributed by atoms with Crippen molar-refractivity contribution in [3.05, 3.63) is 59.3 Å². The first-order valence-corrected chi connectivity index (χ1v) is 11.5. The number of benzene rings is 1. The summed E-state index contributed by atoms with van der Waals surface area (Å²) in [4.78, 5) is 6.67. The minimum atomic E-state index is -3.72. The molecule has 30 heavy (non-hydrogen) atoms. The molecule has 0 aliphatic carbocycles. The standard InChI is InChI=1S/C21H27N5O3S/c1-4-29-13-16-10-15(2)23-19(11-16)26-12-18-21(14-26,17-8-6-5-7-9-17)24-20(22)25(3)30(18,27)28/h5-11,18H,4,12-14H2,1-3H3,(H2,22,24)/t18?,21-/m1/s1. The van der Waals surface area contributed by atoms with E-state index in [-0.39, 0.29) is 12.5 Å². The molecule has 2 N–H and O–H groups in total. The van der Waals surface area contributed by atoms with Crippen LogP contribution in [0.3, 0.4) is 0 Å². The molecule has 2 atom stereocenters. The number of nitrogens with one attached hydrogen (secondary N) is 2. The number of ether oxygens (including phenoxy) is 1. The second kappa shape index (κ2) is 7.55. The van der Waals surface area contributed by atoms with Crippen molar-refractivity contribution in [3.63, 3.8) is 0 Å². The third kappa shape index (κ3) is 3.31. The van der Waals surface area contributed by atoms with Gasteiger partial charge in [0.15, 0.2) is 0 Å². The van der Waals surface area contributed by atoms with Crippen LogP contribution in [0.4, 0.5) is 5.82 Å². The van der Waals surface area contributed by atoms with Gasteiger partial charge in [-0.2, -0.15) is 0 Å². The smallest absolute Gasteiger partial charge is 0.244 e. The van der Waals surface area contributed by atoms with Gasteiger partial charge in [0.05, 0.1) is 6.61 Å². The van der Waals surface area contributed by atoms with Crippen molar-refractivity contribution in [3.8, 4) is 0 Å². The molecular weight excluding hydrogens is 402 g/mol. The van der Waals surface area contributed by atoms with Gasteiger partial charge in [0.1, 0.15) is 16.6 Å². The maximum Gasteiger partial charge on any atom is 0.244 e. The van der Waals surface area contributed by atoms with Gasteiger partial charge in [-0.15, -0.1) is 0 Å². The Hall–Kier alpha value is -2.65. The monoisotopic (exact) mass is 429 g/mol. The van der Waals surface area contributed by atoms with Gasteiger partial charge in [-0.3, -0.25) is 5.41 Å². The lowest BCUT2D eigenvalue weighted by atomic mass is 9.88. The fourth-order valence-electron chi connectivity index (χ4n) is 4.35. The van der Waals surface area contributed by atoms with E-state index in [2.05, 4.69) is 10.3 Å². The SMILES string of the molecule is CCOCc1cc(C)nc(N2CC3[C@](c4ccccc4)(C2)NC(=N)N(C)S3(=O)=O)c1. The third-order valence-corrected chi connectivity index (χ3v) is 8.08. The van der Waals surface area contributed by atoms with Gasteiger partial charge in [-0.05, 0) is 37.1 Å². The first kappa shape index (κ1) is 20.6. The molecule has 0 spiro atoms. The minimum Gasteiger partial charge on any atom is -0.377 e. The Labute approximate surface area is 177 Å². The zero-order chi connectivity index (χ0) is 21.5. The molecule has 2 aliphatic heterocycles. The Balaban J connectivity index is 1.79. The lowest BCUT2D eigenvalue weighted by molar-refractivity contribution is 0.134. The maximum atomic E-state index is 13.3. The molecule has 0 bridgehead atoms. The minimum absolute atomic E-state index is 0.119. The van der Waals surface area contributed by atoms with Crippen LogP contribution in [0.15, 0.2) is 42.5 Å². The van der Waals surface area contributed by atoms with Crippen LogP contribution in [0.5, 0.6) is 0 Å². The third-order valence-electron chi connectivity index (χ3n) is 5.86. The van der Waals surface area contributed by atoms with E-state index in [1.165, 1.54) is 7.05 Å². The molecule has 2 aromatic rings. The number of anilines is 1. The summed E-state index contributed by atoms with van der Waals surface area (Å²) in [5.74, 6) is 0.604. The quantitative estimate of drug-likeness (QED) is 0.752. The van der Waals surface area contributed by atoms with E-state index < -0.39 is 20.8 Å². The van der Waals surface area contributed by atoms with Crippen LogP contribution in [-0.2, 0) is 26.9 Å². The van der Waals surface area contributed by atoms with Gasteiger partial charge in [-0.25, -0.2) is 17.7 Å². The van der Waals surface area contributed by atoms with Gasteiger partial charge in [-0.1, -0.05) is 30.3 Å². The molecule has 2 aliphatic rings. The number of hydrogen-bond acceptors (Lipinski definition) is 6. The van der Waals surface area contributed by atoms with Crippen LogP contribution < -0.4 is 10.2 Å². The zero-order valence-corrected chi connectivity index (χ0v) is 18.2. The van der Waals surface area contributed by atoms with Crippen LogP contribution in [0.25, 0.3) is 0 Å². The van der Waals surface area contributed by atoms with Crippen LogP contribution >= 0.6 is 0 Å². The van der Waals surface area contributed by atoms with Crippen LogP contribution in [0.1, 0.15) is 23.7 Å². The summed E-state index contributed by atoms with van der Waals surface area (Å²) in [7, 11) is -2.29. The number of aryl methyl sites for hydroxylation is 1. The molecule has 0 saturated carbocycles. The molecule has 8 nitrogen and oxygen atoms in total. The average molecular weight is 430 g/mol. The van der Waals surface area contributed by atoms with E-state index in [9.17, 15) is 8.42 Å². The number of pyridine rings is 1. The van der Waals surface area contributed by atoms with Gasteiger partial charge in [0.25, 0.3) is 0 Å². The number of rotatable bonds is 5.